The van der Waals surface area contributed by atoms with Gasteiger partial charge in [0.2, 0.25) is 5.91 Å². The van der Waals surface area contributed by atoms with Gasteiger partial charge < -0.3 is 5.32 Å². The highest BCUT2D eigenvalue weighted by molar-refractivity contribution is 6.09. The van der Waals surface area contributed by atoms with Gasteiger partial charge in [-0.1, -0.05) is 26.0 Å². The van der Waals surface area contributed by atoms with Crippen molar-refractivity contribution in [1.82, 2.24) is 10.9 Å². The highest BCUT2D eigenvalue weighted by atomic mass is 16.6. The van der Waals surface area contributed by atoms with Crippen LogP contribution in [0.15, 0.2) is 48.5 Å². The standard InChI is InChI=1S/C18H18N4O5/c1-11(2)16(23)20-21-18(25)14-5-3-4-6-15(14)19-17(24)12-7-9-13(10-8-12)22(26)27/h3-11H,1-2H3,(H,19,24)(H,20,23)(H,21,25). The first kappa shape index (κ1) is 19.6. The van der Waals surface area contributed by atoms with Crippen LogP contribution in [0.5, 0.6) is 0 Å². The molecule has 0 saturated heterocycles. The quantitative estimate of drug-likeness (QED) is 0.549. The van der Waals surface area contributed by atoms with Gasteiger partial charge in [-0.25, -0.2) is 0 Å². The Kier molecular flexibility index (Phi) is 6.21. The van der Waals surface area contributed by atoms with E-state index < -0.39 is 16.7 Å². The Bertz CT molecular complexity index is 878. The number of hydrogen-bond acceptors (Lipinski definition) is 5. The molecule has 0 fully saturated rings. The fourth-order valence-corrected chi connectivity index (χ4v) is 2.05. The van der Waals surface area contributed by atoms with Crippen LogP contribution in [0.3, 0.4) is 0 Å². The fourth-order valence-electron chi connectivity index (χ4n) is 2.05. The Balaban J connectivity index is 2.12. The lowest BCUT2D eigenvalue weighted by molar-refractivity contribution is -0.384. The van der Waals surface area contributed by atoms with E-state index in [1.807, 2.05) is 0 Å². The van der Waals surface area contributed by atoms with E-state index in [2.05, 4.69) is 16.2 Å². The molecule has 2 aromatic rings. The van der Waals surface area contributed by atoms with Gasteiger partial charge in [0.15, 0.2) is 0 Å². The number of anilines is 1. The molecule has 0 aliphatic rings. The third-order valence-corrected chi connectivity index (χ3v) is 3.58. The number of nitro benzene ring substituents is 1. The molecule has 27 heavy (non-hydrogen) atoms. The van der Waals surface area contributed by atoms with E-state index in [4.69, 9.17) is 0 Å². The summed E-state index contributed by atoms with van der Waals surface area (Å²) in [6, 6.07) is 11.3. The zero-order chi connectivity index (χ0) is 20.0. The van der Waals surface area contributed by atoms with Crippen LogP contribution >= 0.6 is 0 Å². The monoisotopic (exact) mass is 370 g/mol. The highest BCUT2D eigenvalue weighted by Crippen LogP contribution is 2.17. The van der Waals surface area contributed by atoms with Crippen molar-refractivity contribution in [3.63, 3.8) is 0 Å². The Morgan fingerprint density at radius 1 is 0.926 bits per heavy atom. The summed E-state index contributed by atoms with van der Waals surface area (Å²) >= 11 is 0. The summed E-state index contributed by atoms with van der Waals surface area (Å²) in [5.74, 6) is -1.78. The summed E-state index contributed by atoms with van der Waals surface area (Å²) in [6.45, 7) is 3.36. The van der Waals surface area contributed by atoms with E-state index in [0.29, 0.717) is 0 Å². The maximum absolute atomic E-state index is 12.3. The maximum atomic E-state index is 12.3. The maximum Gasteiger partial charge on any atom is 0.271 e. The van der Waals surface area contributed by atoms with Crippen molar-refractivity contribution >= 4 is 29.1 Å². The second-order valence-corrected chi connectivity index (χ2v) is 5.90. The largest absolute Gasteiger partial charge is 0.321 e. The molecule has 0 aliphatic heterocycles. The summed E-state index contributed by atoms with van der Waals surface area (Å²) in [5, 5.41) is 13.3. The summed E-state index contributed by atoms with van der Waals surface area (Å²) < 4.78 is 0. The first-order chi connectivity index (χ1) is 12.8. The van der Waals surface area contributed by atoms with Gasteiger partial charge >= 0.3 is 0 Å². The number of carbonyl (C=O) groups is 3. The van der Waals surface area contributed by atoms with Crippen LogP contribution in [0, 0.1) is 16.0 Å². The van der Waals surface area contributed by atoms with Crippen molar-refractivity contribution in [2.45, 2.75) is 13.8 Å². The first-order valence-corrected chi connectivity index (χ1v) is 8.04. The van der Waals surface area contributed by atoms with Gasteiger partial charge in [-0.15, -0.1) is 0 Å². The minimum absolute atomic E-state index is 0.132. The molecule has 0 unspecified atom stereocenters. The van der Waals surface area contributed by atoms with Gasteiger partial charge in [0.05, 0.1) is 16.2 Å². The number of hydrazine groups is 1. The Hall–Kier alpha value is -3.75. The van der Waals surface area contributed by atoms with Crippen LogP contribution in [-0.2, 0) is 4.79 Å². The van der Waals surface area contributed by atoms with Crippen LogP contribution in [0.25, 0.3) is 0 Å². The molecule has 0 radical (unpaired) electrons. The van der Waals surface area contributed by atoms with Crippen molar-refractivity contribution in [1.29, 1.82) is 0 Å². The zero-order valence-electron chi connectivity index (χ0n) is 14.7. The molecule has 0 bridgehead atoms. The minimum Gasteiger partial charge on any atom is -0.321 e. The number of rotatable bonds is 5. The molecule has 0 aromatic heterocycles. The molecule has 140 valence electrons. The third kappa shape index (κ3) is 5.11. The van der Waals surface area contributed by atoms with E-state index >= 15 is 0 Å². The molecule has 0 aliphatic carbocycles. The molecule has 0 saturated carbocycles. The minimum atomic E-state index is -0.594. The average molecular weight is 370 g/mol. The van der Waals surface area contributed by atoms with E-state index in [0.717, 1.165) is 0 Å². The van der Waals surface area contributed by atoms with Crippen LogP contribution in [0.1, 0.15) is 34.6 Å². The van der Waals surface area contributed by atoms with Crippen molar-refractivity contribution in [2.24, 2.45) is 5.92 Å². The summed E-state index contributed by atoms with van der Waals surface area (Å²) in [4.78, 5) is 46.3. The van der Waals surface area contributed by atoms with Gasteiger partial charge in [0.25, 0.3) is 17.5 Å². The van der Waals surface area contributed by atoms with E-state index in [-0.39, 0.29) is 34.3 Å². The first-order valence-electron chi connectivity index (χ1n) is 8.04. The summed E-state index contributed by atoms with van der Waals surface area (Å²) in [5.41, 5.74) is 5.03. The van der Waals surface area contributed by atoms with E-state index in [1.165, 1.54) is 36.4 Å². The molecule has 2 rings (SSSR count). The smallest absolute Gasteiger partial charge is 0.271 e. The van der Waals surface area contributed by atoms with Gasteiger partial charge in [0.1, 0.15) is 0 Å². The number of nitrogens with zero attached hydrogens (tertiary/aromatic N) is 1. The van der Waals surface area contributed by atoms with Crippen molar-refractivity contribution in [3.8, 4) is 0 Å². The summed E-state index contributed by atoms with van der Waals surface area (Å²) in [6.07, 6.45) is 0. The number of carbonyl (C=O) groups excluding carboxylic acids is 3. The second-order valence-electron chi connectivity index (χ2n) is 5.90. The number of nitrogens with one attached hydrogen (secondary N) is 3. The number of para-hydroxylation sites is 1. The third-order valence-electron chi connectivity index (χ3n) is 3.58. The molecule has 9 nitrogen and oxygen atoms in total. The summed E-state index contributed by atoms with van der Waals surface area (Å²) in [7, 11) is 0. The lowest BCUT2D eigenvalue weighted by Crippen LogP contribution is -2.43. The Morgan fingerprint density at radius 3 is 2.15 bits per heavy atom. The van der Waals surface area contributed by atoms with Crippen molar-refractivity contribution < 1.29 is 19.3 Å². The Labute approximate surface area is 154 Å². The van der Waals surface area contributed by atoms with Crippen molar-refractivity contribution in [2.75, 3.05) is 5.32 Å². The highest BCUT2D eigenvalue weighted by Gasteiger charge is 2.16. The van der Waals surface area contributed by atoms with Crippen LogP contribution in [0.2, 0.25) is 0 Å². The number of benzene rings is 2. The second kappa shape index (κ2) is 8.56. The SMILES string of the molecule is CC(C)C(=O)NNC(=O)c1ccccc1NC(=O)c1ccc([N+](=O)[O-])cc1. The zero-order valence-corrected chi connectivity index (χ0v) is 14.7. The van der Waals surface area contributed by atoms with Crippen LogP contribution in [-0.4, -0.2) is 22.6 Å². The van der Waals surface area contributed by atoms with Gasteiger partial charge in [-0.3, -0.25) is 35.3 Å². The fraction of sp³-hybridized carbons (Fsp3) is 0.167. The normalized spacial score (nSPS) is 10.2. The molecule has 9 heteroatoms. The van der Waals surface area contributed by atoms with Gasteiger partial charge in [-0.2, -0.15) is 0 Å². The van der Waals surface area contributed by atoms with Crippen molar-refractivity contribution in [3.05, 3.63) is 69.8 Å². The molecular weight excluding hydrogens is 352 g/mol. The molecule has 0 spiro atoms. The Morgan fingerprint density at radius 2 is 1.56 bits per heavy atom. The lowest BCUT2D eigenvalue weighted by Gasteiger charge is -2.13. The topological polar surface area (TPSA) is 130 Å². The van der Waals surface area contributed by atoms with Crippen LogP contribution < -0.4 is 16.2 Å². The van der Waals surface area contributed by atoms with Crippen LogP contribution in [0.4, 0.5) is 11.4 Å². The number of nitro groups is 1. The average Bonchev–Trinajstić information content (AvgIpc) is 2.66. The van der Waals surface area contributed by atoms with E-state index in [1.54, 1.807) is 26.0 Å². The molecule has 3 amide bonds. The molecule has 0 atom stereocenters. The predicted octanol–water partition coefficient (Wildman–Crippen LogP) is 2.26. The molecule has 2 aromatic carbocycles. The molecule has 0 heterocycles. The van der Waals surface area contributed by atoms with Gasteiger partial charge in [-0.05, 0) is 24.3 Å². The number of amides is 3. The predicted molar refractivity (Wildman–Crippen MR) is 97.9 cm³/mol. The number of hydrogen-bond donors (Lipinski definition) is 3. The molecule has 3 N–H and O–H groups in total. The lowest BCUT2D eigenvalue weighted by atomic mass is 10.1. The van der Waals surface area contributed by atoms with Gasteiger partial charge in [0, 0.05) is 23.6 Å². The number of non-ortho nitro benzene ring substituents is 1. The molecular formula is C18H18N4O5. The van der Waals surface area contributed by atoms with E-state index in [9.17, 15) is 24.5 Å².